The van der Waals surface area contributed by atoms with Gasteiger partial charge in [0.25, 0.3) is 0 Å². The first kappa shape index (κ1) is 15.8. The van der Waals surface area contributed by atoms with Crippen LogP contribution >= 0.6 is 0 Å². The first-order chi connectivity index (χ1) is 11.7. The molecule has 1 heterocycles. The van der Waals surface area contributed by atoms with E-state index in [-0.39, 0.29) is 11.5 Å². The number of carbonyl (C=O) groups is 1. The molecule has 0 aliphatic carbocycles. The molecule has 2 aromatic carbocycles. The SMILES string of the molecule is COCc1cccc(/C=N/NC(=O)c2cc3cc(O)ccc3o2)c1. The highest BCUT2D eigenvalue weighted by Crippen LogP contribution is 2.23. The molecule has 1 aromatic heterocycles. The molecule has 6 heteroatoms. The van der Waals surface area contributed by atoms with E-state index in [1.807, 2.05) is 24.3 Å². The predicted octanol–water partition coefficient (Wildman–Crippen LogP) is 3.05. The molecular weight excluding hydrogens is 308 g/mol. The number of carbonyl (C=O) groups excluding carboxylic acids is 1. The number of rotatable bonds is 5. The Bertz CT molecular complexity index is 899. The molecule has 3 aromatic rings. The number of hydrogen-bond acceptors (Lipinski definition) is 5. The molecule has 0 spiro atoms. The van der Waals surface area contributed by atoms with E-state index in [9.17, 15) is 9.90 Å². The van der Waals surface area contributed by atoms with Gasteiger partial charge in [-0.2, -0.15) is 5.10 Å². The fraction of sp³-hybridized carbons (Fsp3) is 0.111. The molecule has 0 bridgehead atoms. The van der Waals surface area contributed by atoms with Gasteiger partial charge in [-0.05, 0) is 41.5 Å². The van der Waals surface area contributed by atoms with Crippen LogP contribution in [0.4, 0.5) is 0 Å². The number of methoxy groups -OCH3 is 1. The number of nitrogens with zero attached hydrogens (tertiary/aromatic N) is 1. The number of phenols is 1. The third kappa shape index (κ3) is 3.61. The molecule has 3 rings (SSSR count). The molecule has 0 fully saturated rings. The van der Waals surface area contributed by atoms with Crippen LogP contribution in [0, 0.1) is 0 Å². The van der Waals surface area contributed by atoms with E-state index < -0.39 is 5.91 Å². The smallest absolute Gasteiger partial charge is 0.307 e. The first-order valence-corrected chi connectivity index (χ1v) is 7.29. The fourth-order valence-electron chi connectivity index (χ4n) is 2.29. The lowest BCUT2D eigenvalue weighted by molar-refractivity contribution is 0.0929. The summed E-state index contributed by atoms with van der Waals surface area (Å²) in [5, 5.41) is 14.0. The van der Waals surface area contributed by atoms with Crippen molar-refractivity contribution < 1.29 is 19.1 Å². The highest BCUT2D eigenvalue weighted by atomic mass is 16.5. The minimum Gasteiger partial charge on any atom is -0.508 e. The van der Waals surface area contributed by atoms with Gasteiger partial charge in [0, 0.05) is 12.5 Å². The van der Waals surface area contributed by atoms with E-state index >= 15 is 0 Å². The lowest BCUT2D eigenvalue weighted by Gasteiger charge is -2.00. The number of hydrogen-bond donors (Lipinski definition) is 2. The Kier molecular flexibility index (Phi) is 4.58. The van der Waals surface area contributed by atoms with Gasteiger partial charge in [0.15, 0.2) is 5.76 Å². The zero-order valence-electron chi connectivity index (χ0n) is 13.0. The van der Waals surface area contributed by atoms with Crippen LogP contribution in [0.5, 0.6) is 5.75 Å². The zero-order chi connectivity index (χ0) is 16.9. The van der Waals surface area contributed by atoms with Crippen LogP contribution < -0.4 is 5.43 Å². The largest absolute Gasteiger partial charge is 0.508 e. The molecule has 24 heavy (non-hydrogen) atoms. The van der Waals surface area contributed by atoms with Crippen LogP contribution in [0.3, 0.4) is 0 Å². The van der Waals surface area contributed by atoms with Crippen molar-refractivity contribution >= 4 is 23.1 Å². The molecule has 6 nitrogen and oxygen atoms in total. The summed E-state index contributed by atoms with van der Waals surface area (Å²) in [5.74, 6) is -0.222. The quantitative estimate of drug-likeness (QED) is 0.558. The van der Waals surface area contributed by atoms with Crippen molar-refractivity contribution in [2.45, 2.75) is 6.61 Å². The van der Waals surface area contributed by atoms with Gasteiger partial charge >= 0.3 is 5.91 Å². The maximum Gasteiger partial charge on any atom is 0.307 e. The van der Waals surface area contributed by atoms with Crippen molar-refractivity contribution in [3.05, 3.63) is 65.4 Å². The number of ether oxygens (including phenoxy) is 1. The van der Waals surface area contributed by atoms with Gasteiger partial charge in [-0.1, -0.05) is 18.2 Å². The maximum absolute atomic E-state index is 12.1. The van der Waals surface area contributed by atoms with Crippen molar-refractivity contribution in [1.29, 1.82) is 0 Å². The van der Waals surface area contributed by atoms with Crippen LogP contribution in [0.25, 0.3) is 11.0 Å². The van der Waals surface area contributed by atoms with Crippen LogP contribution in [-0.2, 0) is 11.3 Å². The van der Waals surface area contributed by atoms with Crippen molar-refractivity contribution in [2.75, 3.05) is 7.11 Å². The highest BCUT2D eigenvalue weighted by molar-refractivity contribution is 5.96. The summed E-state index contributed by atoms with van der Waals surface area (Å²) in [5.41, 5.74) is 4.80. The number of aromatic hydroxyl groups is 1. The molecule has 0 aliphatic heterocycles. The summed E-state index contributed by atoms with van der Waals surface area (Å²) < 4.78 is 10.5. The number of amides is 1. The molecule has 1 amide bonds. The molecule has 122 valence electrons. The second-order valence-corrected chi connectivity index (χ2v) is 5.21. The summed E-state index contributed by atoms with van der Waals surface area (Å²) in [6.45, 7) is 0.514. The Morgan fingerprint density at radius 1 is 1.29 bits per heavy atom. The van der Waals surface area contributed by atoms with Gasteiger partial charge in [-0.3, -0.25) is 4.79 Å². The summed E-state index contributed by atoms with van der Waals surface area (Å²) in [7, 11) is 1.63. The standard InChI is InChI=1S/C18H16N2O4/c1-23-11-13-4-2-3-12(7-13)10-19-20-18(22)17-9-14-8-15(21)5-6-16(14)24-17/h2-10,21H,11H2,1H3,(H,20,22)/b19-10+. The number of benzene rings is 2. The molecule has 0 unspecified atom stereocenters. The molecule has 0 saturated heterocycles. The zero-order valence-corrected chi connectivity index (χ0v) is 13.0. The lowest BCUT2D eigenvalue weighted by atomic mass is 10.1. The van der Waals surface area contributed by atoms with E-state index in [0.717, 1.165) is 11.1 Å². The lowest BCUT2D eigenvalue weighted by Crippen LogP contribution is -2.16. The molecular formula is C18H16N2O4. The molecule has 0 atom stereocenters. The topological polar surface area (TPSA) is 84.1 Å². The molecule has 0 saturated carbocycles. The highest BCUT2D eigenvalue weighted by Gasteiger charge is 2.11. The van der Waals surface area contributed by atoms with E-state index in [1.54, 1.807) is 25.5 Å². The number of nitrogens with one attached hydrogen (secondary N) is 1. The van der Waals surface area contributed by atoms with E-state index in [1.165, 1.54) is 12.1 Å². The van der Waals surface area contributed by atoms with Gasteiger partial charge in [0.2, 0.25) is 0 Å². The van der Waals surface area contributed by atoms with Crippen LogP contribution in [0.15, 0.2) is 58.0 Å². The average molecular weight is 324 g/mol. The van der Waals surface area contributed by atoms with E-state index in [2.05, 4.69) is 10.5 Å². The van der Waals surface area contributed by atoms with Gasteiger partial charge in [0.05, 0.1) is 12.8 Å². The van der Waals surface area contributed by atoms with E-state index in [0.29, 0.717) is 17.6 Å². The Balaban J connectivity index is 1.68. The normalized spacial score (nSPS) is 11.2. The monoisotopic (exact) mass is 324 g/mol. The Morgan fingerprint density at radius 2 is 2.17 bits per heavy atom. The van der Waals surface area contributed by atoms with Gasteiger partial charge < -0.3 is 14.3 Å². The van der Waals surface area contributed by atoms with Crippen molar-refractivity contribution in [3.8, 4) is 5.75 Å². The third-order valence-electron chi connectivity index (χ3n) is 3.37. The van der Waals surface area contributed by atoms with Gasteiger partial charge in [0.1, 0.15) is 11.3 Å². The Morgan fingerprint density at radius 3 is 3.00 bits per heavy atom. The number of phenolic OH excluding ortho intramolecular Hbond substituents is 1. The minimum atomic E-state index is -0.463. The summed E-state index contributed by atoms with van der Waals surface area (Å²) in [4.78, 5) is 12.1. The number of fused-ring (bicyclic) bond motifs is 1. The Labute approximate surface area is 138 Å². The second-order valence-electron chi connectivity index (χ2n) is 5.21. The minimum absolute atomic E-state index is 0.115. The fourth-order valence-corrected chi connectivity index (χ4v) is 2.29. The molecule has 2 N–H and O–H groups in total. The van der Waals surface area contributed by atoms with E-state index in [4.69, 9.17) is 9.15 Å². The van der Waals surface area contributed by atoms with Crippen molar-refractivity contribution in [1.82, 2.24) is 5.43 Å². The summed E-state index contributed by atoms with van der Waals surface area (Å²) in [6.07, 6.45) is 1.55. The number of hydrazone groups is 1. The van der Waals surface area contributed by atoms with Crippen LogP contribution in [-0.4, -0.2) is 24.3 Å². The maximum atomic E-state index is 12.1. The van der Waals surface area contributed by atoms with Gasteiger partial charge in [-0.15, -0.1) is 0 Å². The second kappa shape index (κ2) is 6.97. The van der Waals surface area contributed by atoms with Gasteiger partial charge in [-0.25, -0.2) is 5.43 Å². The molecule has 0 radical (unpaired) electrons. The van der Waals surface area contributed by atoms with Crippen molar-refractivity contribution in [2.24, 2.45) is 5.10 Å². The van der Waals surface area contributed by atoms with Crippen LogP contribution in [0.1, 0.15) is 21.7 Å². The summed E-state index contributed by atoms with van der Waals surface area (Å²) >= 11 is 0. The molecule has 0 aliphatic rings. The third-order valence-corrected chi connectivity index (χ3v) is 3.37. The van der Waals surface area contributed by atoms with Crippen LogP contribution in [0.2, 0.25) is 0 Å². The summed E-state index contributed by atoms with van der Waals surface area (Å²) in [6, 6.07) is 13.8. The average Bonchev–Trinajstić information content (AvgIpc) is 2.98. The number of furan rings is 1. The predicted molar refractivity (Wildman–Crippen MR) is 90.1 cm³/mol. The Hall–Kier alpha value is -3.12. The van der Waals surface area contributed by atoms with Crippen molar-refractivity contribution in [3.63, 3.8) is 0 Å². The first-order valence-electron chi connectivity index (χ1n) is 7.29.